The Bertz CT molecular complexity index is 774. The molecule has 0 atom stereocenters. The smallest absolute Gasteiger partial charge is 0.340 e. The Hall–Kier alpha value is -1.89. The van der Waals surface area contributed by atoms with Gasteiger partial charge in [-0.2, -0.15) is 0 Å². The summed E-state index contributed by atoms with van der Waals surface area (Å²) in [6, 6.07) is 3.38. The lowest BCUT2D eigenvalue weighted by atomic mass is 10.2. The summed E-state index contributed by atoms with van der Waals surface area (Å²) in [6.07, 6.45) is 0. The zero-order chi connectivity index (χ0) is 17.4. The van der Waals surface area contributed by atoms with Gasteiger partial charge in [0.2, 0.25) is 0 Å². The van der Waals surface area contributed by atoms with Crippen molar-refractivity contribution in [3.63, 3.8) is 0 Å². The second-order valence-corrected chi connectivity index (χ2v) is 6.97. The fraction of sp³-hybridized carbons (Fsp3) is 0.438. The number of halogens is 1. The fourth-order valence-corrected chi connectivity index (χ4v) is 2.81. The molecule has 0 aliphatic carbocycles. The SMILES string of the molecule is COC(=O)c1ccc(Br)c2c1nc(C)n2CC(=O)OC(C)(C)C. The van der Waals surface area contributed by atoms with E-state index in [0.29, 0.717) is 22.4 Å². The minimum atomic E-state index is -0.560. The third kappa shape index (κ3) is 3.72. The average molecular weight is 383 g/mol. The maximum absolute atomic E-state index is 12.1. The fourth-order valence-electron chi connectivity index (χ4n) is 2.28. The molecule has 0 N–H and O–H groups in total. The molecule has 2 aromatic rings. The van der Waals surface area contributed by atoms with Gasteiger partial charge in [-0.25, -0.2) is 9.78 Å². The van der Waals surface area contributed by atoms with E-state index in [1.165, 1.54) is 7.11 Å². The standard InChI is InChI=1S/C16H19BrN2O4/c1-9-18-13-10(15(21)22-5)6-7-11(17)14(13)19(9)8-12(20)23-16(2,3)4/h6-7H,8H2,1-5H3. The number of fused-ring (bicyclic) bond motifs is 1. The lowest BCUT2D eigenvalue weighted by Crippen LogP contribution is -2.26. The Labute approximate surface area is 142 Å². The van der Waals surface area contributed by atoms with Gasteiger partial charge in [-0.1, -0.05) is 0 Å². The third-order valence-corrected chi connectivity index (χ3v) is 3.79. The predicted octanol–water partition coefficient (Wildman–Crippen LogP) is 3.24. The molecule has 1 aromatic carbocycles. The van der Waals surface area contributed by atoms with Crippen molar-refractivity contribution in [3.05, 3.63) is 28.0 Å². The quantitative estimate of drug-likeness (QED) is 0.762. The number of methoxy groups -OCH3 is 1. The van der Waals surface area contributed by atoms with Gasteiger partial charge in [-0.15, -0.1) is 0 Å². The van der Waals surface area contributed by atoms with Crippen molar-refractivity contribution in [1.29, 1.82) is 0 Å². The first kappa shape index (κ1) is 17.5. The van der Waals surface area contributed by atoms with Crippen LogP contribution in [-0.2, 0) is 20.8 Å². The van der Waals surface area contributed by atoms with Crippen LogP contribution in [0.2, 0.25) is 0 Å². The summed E-state index contributed by atoms with van der Waals surface area (Å²) in [7, 11) is 1.32. The highest BCUT2D eigenvalue weighted by Gasteiger charge is 2.22. The van der Waals surface area contributed by atoms with Crippen LogP contribution in [-0.4, -0.2) is 34.2 Å². The Morgan fingerprint density at radius 2 is 1.96 bits per heavy atom. The van der Waals surface area contributed by atoms with Gasteiger partial charge in [0.1, 0.15) is 23.5 Å². The number of carbonyl (C=O) groups excluding carboxylic acids is 2. The van der Waals surface area contributed by atoms with Gasteiger partial charge in [0.15, 0.2) is 0 Å². The number of aromatic nitrogens is 2. The first-order valence-electron chi connectivity index (χ1n) is 7.09. The molecule has 0 bridgehead atoms. The first-order chi connectivity index (χ1) is 10.6. The Kier molecular flexibility index (Phi) is 4.79. The highest BCUT2D eigenvalue weighted by molar-refractivity contribution is 9.10. The molecule has 0 amide bonds. The Morgan fingerprint density at radius 3 is 2.52 bits per heavy atom. The van der Waals surface area contributed by atoms with E-state index < -0.39 is 11.6 Å². The second-order valence-electron chi connectivity index (χ2n) is 6.12. The summed E-state index contributed by atoms with van der Waals surface area (Å²) in [5.74, 6) is -0.220. The van der Waals surface area contributed by atoms with Crippen LogP contribution in [0, 0.1) is 6.92 Å². The third-order valence-electron chi connectivity index (χ3n) is 3.15. The van der Waals surface area contributed by atoms with Crippen LogP contribution in [0.25, 0.3) is 11.0 Å². The lowest BCUT2D eigenvalue weighted by Gasteiger charge is -2.20. The molecule has 0 radical (unpaired) electrons. The van der Waals surface area contributed by atoms with E-state index in [1.54, 1.807) is 23.6 Å². The van der Waals surface area contributed by atoms with Gasteiger partial charge in [0.25, 0.3) is 0 Å². The van der Waals surface area contributed by atoms with Crippen LogP contribution < -0.4 is 0 Å². The van der Waals surface area contributed by atoms with E-state index in [-0.39, 0.29) is 12.5 Å². The van der Waals surface area contributed by atoms with Gasteiger partial charge in [-0.3, -0.25) is 4.79 Å². The van der Waals surface area contributed by atoms with Crippen LogP contribution in [0.5, 0.6) is 0 Å². The van der Waals surface area contributed by atoms with Crippen molar-refractivity contribution in [2.45, 2.75) is 39.8 Å². The minimum Gasteiger partial charge on any atom is -0.465 e. The van der Waals surface area contributed by atoms with E-state index in [1.807, 2.05) is 20.8 Å². The summed E-state index contributed by atoms with van der Waals surface area (Å²) in [5.41, 5.74) is 0.954. The largest absolute Gasteiger partial charge is 0.465 e. The van der Waals surface area contributed by atoms with Crippen LogP contribution in [0.15, 0.2) is 16.6 Å². The molecular weight excluding hydrogens is 364 g/mol. The summed E-state index contributed by atoms with van der Waals surface area (Å²) in [5, 5.41) is 0. The van der Waals surface area contributed by atoms with Crippen molar-refractivity contribution in [2.75, 3.05) is 7.11 Å². The van der Waals surface area contributed by atoms with Gasteiger partial charge < -0.3 is 14.0 Å². The molecule has 0 spiro atoms. The summed E-state index contributed by atoms with van der Waals surface area (Å²) >= 11 is 3.45. The van der Waals surface area contributed by atoms with Crippen molar-refractivity contribution in [1.82, 2.24) is 9.55 Å². The number of hydrogen-bond acceptors (Lipinski definition) is 5. The number of hydrogen-bond donors (Lipinski definition) is 0. The number of nitrogens with zero attached hydrogens (tertiary/aromatic N) is 2. The van der Waals surface area contributed by atoms with Gasteiger partial charge in [0.05, 0.1) is 18.2 Å². The zero-order valence-electron chi connectivity index (χ0n) is 13.8. The highest BCUT2D eigenvalue weighted by Crippen LogP contribution is 2.28. The summed E-state index contributed by atoms with van der Waals surface area (Å²) in [4.78, 5) is 28.4. The van der Waals surface area contributed by atoms with Crippen LogP contribution in [0.1, 0.15) is 37.0 Å². The molecular formula is C16H19BrN2O4. The zero-order valence-corrected chi connectivity index (χ0v) is 15.4. The van der Waals surface area contributed by atoms with E-state index in [4.69, 9.17) is 9.47 Å². The normalized spacial score (nSPS) is 11.6. The van der Waals surface area contributed by atoms with E-state index in [9.17, 15) is 9.59 Å². The van der Waals surface area contributed by atoms with Gasteiger partial charge in [-0.05, 0) is 55.8 Å². The average Bonchev–Trinajstić information content (AvgIpc) is 2.74. The summed E-state index contributed by atoms with van der Waals surface area (Å²) < 4.78 is 12.6. The van der Waals surface area contributed by atoms with Crippen LogP contribution in [0.3, 0.4) is 0 Å². The molecule has 2 rings (SSSR count). The molecule has 0 aliphatic rings. The van der Waals surface area contributed by atoms with Gasteiger partial charge in [0, 0.05) is 4.47 Å². The minimum absolute atomic E-state index is 0.0167. The molecule has 0 unspecified atom stereocenters. The number of ether oxygens (including phenoxy) is 2. The highest BCUT2D eigenvalue weighted by atomic mass is 79.9. The first-order valence-corrected chi connectivity index (χ1v) is 7.89. The van der Waals surface area contributed by atoms with Crippen molar-refractivity contribution < 1.29 is 19.1 Å². The molecule has 23 heavy (non-hydrogen) atoms. The maximum atomic E-state index is 12.1. The molecule has 0 aliphatic heterocycles. The van der Waals surface area contributed by atoms with E-state index in [2.05, 4.69) is 20.9 Å². The van der Waals surface area contributed by atoms with Crippen molar-refractivity contribution >= 4 is 38.9 Å². The number of carbonyl (C=O) groups is 2. The monoisotopic (exact) mass is 382 g/mol. The predicted molar refractivity (Wildman–Crippen MR) is 89.4 cm³/mol. The van der Waals surface area contributed by atoms with E-state index in [0.717, 1.165) is 4.47 Å². The molecule has 6 nitrogen and oxygen atoms in total. The Balaban J connectivity index is 2.51. The number of aryl methyl sites for hydroxylation is 1. The second kappa shape index (κ2) is 6.31. The maximum Gasteiger partial charge on any atom is 0.340 e. The van der Waals surface area contributed by atoms with E-state index >= 15 is 0 Å². The molecule has 1 aromatic heterocycles. The van der Waals surface area contributed by atoms with Crippen LogP contribution >= 0.6 is 15.9 Å². The lowest BCUT2D eigenvalue weighted by molar-refractivity contribution is -0.155. The molecule has 7 heteroatoms. The van der Waals surface area contributed by atoms with Crippen molar-refractivity contribution in [3.8, 4) is 0 Å². The Morgan fingerprint density at radius 1 is 1.30 bits per heavy atom. The molecule has 1 heterocycles. The van der Waals surface area contributed by atoms with Gasteiger partial charge >= 0.3 is 11.9 Å². The molecule has 0 saturated heterocycles. The molecule has 0 fully saturated rings. The molecule has 124 valence electrons. The summed E-state index contributed by atoms with van der Waals surface area (Å²) in [6.45, 7) is 7.24. The molecule has 0 saturated carbocycles. The van der Waals surface area contributed by atoms with Crippen LogP contribution in [0.4, 0.5) is 0 Å². The number of rotatable bonds is 3. The topological polar surface area (TPSA) is 70.4 Å². The number of esters is 2. The van der Waals surface area contributed by atoms with Crippen molar-refractivity contribution in [2.24, 2.45) is 0 Å². The number of benzene rings is 1. The number of imidazole rings is 1.